The number of aryl methyl sites for hydroxylation is 1. The van der Waals surface area contributed by atoms with Crippen molar-refractivity contribution < 1.29 is 69.6 Å². The van der Waals surface area contributed by atoms with Gasteiger partial charge in [0, 0.05) is 52.5 Å². The Labute approximate surface area is 234 Å². The fourth-order valence-corrected chi connectivity index (χ4v) is 3.19. The normalized spacial score (nSPS) is 16.6. The molecule has 0 bridgehead atoms. The maximum atomic E-state index is 13.7. The molecule has 0 amide bonds. The molecule has 0 unspecified atom stereocenters. The van der Waals surface area contributed by atoms with Crippen LogP contribution in [0.25, 0.3) is 11.8 Å². The van der Waals surface area contributed by atoms with Gasteiger partial charge in [0.05, 0.1) is 12.2 Å². The molecule has 1 fully saturated rings. The van der Waals surface area contributed by atoms with Crippen LogP contribution >= 0.6 is 0 Å². The van der Waals surface area contributed by atoms with E-state index in [1.165, 1.54) is 30.4 Å². The molecule has 197 valence electrons. The molecule has 0 aromatic heterocycles. The number of hydrogen-bond acceptors (Lipinski definition) is 4. The number of halogens is 4. The van der Waals surface area contributed by atoms with Gasteiger partial charge < -0.3 is 25.1 Å². The number of aliphatic hydroxyl groups excluding tert-OH is 1. The Morgan fingerprint density at radius 3 is 2.31 bits per heavy atom. The SMILES string of the molecule is CC1(C)OCC([NH-])(/C=C/c2ccc(OCCCc3ccccc3F)c(C(F)(F)F)c2)CO1.CCO.[Y]. The second-order valence-electron chi connectivity index (χ2n) is 8.58. The summed E-state index contributed by atoms with van der Waals surface area (Å²) in [4.78, 5) is 0. The maximum Gasteiger partial charge on any atom is 0.419 e. The van der Waals surface area contributed by atoms with Crippen molar-refractivity contribution >= 4 is 6.08 Å². The number of benzene rings is 2. The Kier molecular flexibility index (Phi) is 13.2. The zero-order valence-electron chi connectivity index (χ0n) is 20.7. The predicted molar refractivity (Wildman–Crippen MR) is 126 cm³/mol. The summed E-state index contributed by atoms with van der Waals surface area (Å²) in [6.45, 7) is 5.58. The molecular weight excluding hydrogens is 555 g/mol. The Balaban J connectivity index is 0.00000154. The molecule has 1 saturated heterocycles. The van der Waals surface area contributed by atoms with E-state index in [2.05, 4.69) is 0 Å². The first-order chi connectivity index (χ1) is 16.4. The molecule has 10 heteroatoms. The van der Waals surface area contributed by atoms with Gasteiger partial charge in [-0.05, 0) is 62.9 Å². The van der Waals surface area contributed by atoms with Crippen LogP contribution in [0.3, 0.4) is 0 Å². The smallest absolute Gasteiger partial charge is 0.419 e. The third-order valence-corrected chi connectivity index (χ3v) is 5.06. The van der Waals surface area contributed by atoms with Gasteiger partial charge >= 0.3 is 6.18 Å². The molecule has 1 aliphatic rings. The number of alkyl halides is 3. The summed E-state index contributed by atoms with van der Waals surface area (Å²) in [6.07, 6.45) is -0.939. The Hall–Kier alpha value is -1.36. The Morgan fingerprint density at radius 1 is 1.11 bits per heavy atom. The van der Waals surface area contributed by atoms with E-state index < -0.39 is 23.1 Å². The van der Waals surface area contributed by atoms with Crippen molar-refractivity contribution in [2.75, 3.05) is 26.4 Å². The Bertz CT molecular complexity index is 973. The van der Waals surface area contributed by atoms with E-state index in [1.807, 2.05) is 0 Å². The number of hydrogen-bond donors (Lipinski definition) is 1. The van der Waals surface area contributed by atoms with Crippen molar-refractivity contribution in [1.29, 1.82) is 0 Å². The molecule has 36 heavy (non-hydrogen) atoms. The van der Waals surface area contributed by atoms with Crippen molar-refractivity contribution in [3.63, 3.8) is 0 Å². The zero-order valence-corrected chi connectivity index (χ0v) is 23.5. The second-order valence-corrected chi connectivity index (χ2v) is 8.58. The van der Waals surface area contributed by atoms with E-state index in [4.69, 9.17) is 25.1 Å². The number of ether oxygens (including phenoxy) is 3. The maximum absolute atomic E-state index is 13.7. The summed E-state index contributed by atoms with van der Waals surface area (Å²) in [5, 5.41) is 7.57. The van der Waals surface area contributed by atoms with Crippen LogP contribution in [0.1, 0.15) is 43.9 Å². The Morgan fingerprint density at radius 2 is 1.72 bits per heavy atom. The van der Waals surface area contributed by atoms with E-state index in [9.17, 15) is 17.6 Å². The largest absolute Gasteiger partial charge is 0.665 e. The van der Waals surface area contributed by atoms with E-state index in [0.717, 1.165) is 6.07 Å². The minimum absolute atomic E-state index is 0. The van der Waals surface area contributed by atoms with E-state index >= 15 is 0 Å². The fraction of sp³-hybridized carbons (Fsp3) is 0.462. The minimum Gasteiger partial charge on any atom is -0.665 e. The number of nitrogens with one attached hydrogen (secondary N) is 1. The molecule has 0 spiro atoms. The van der Waals surface area contributed by atoms with Crippen LogP contribution in [-0.4, -0.2) is 42.9 Å². The molecule has 1 aliphatic heterocycles. The quantitative estimate of drug-likeness (QED) is 0.299. The first kappa shape index (κ1) is 32.7. The predicted octanol–water partition coefficient (Wildman–Crippen LogP) is 6.44. The molecule has 5 nitrogen and oxygen atoms in total. The first-order valence-corrected chi connectivity index (χ1v) is 11.3. The van der Waals surface area contributed by atoms with Crippen LogP contribution in [0, 0.1) is 5.82 Å². The van der Waals surface area contributed by atoms with Gasteiger partial charge in [-0.1, -0.05) is 42.0 Å². The van der Waals surface area contributed by atoms with E-state index in [-0.39, 0.29) is 76.3 Å². The molecule has 0 aliphatic carbocycles. The fourth-order valence-electron chi connectivity index (χ4n) is 3.19. The summed E-state index contributed by atoms with van der Waals surface area (Å²) in [7, 11) is 0. The molecule has 3 rings (SSSR count). The van der Waals surface area contributed by atoms with Gasteiger partial charge in [-0.2, -0.15) is 13.2 Å². The van der Waals surface area contributed by atoms with Crippen molar-refractivity contribution in [2.45, 2.75) is 51.1 Å². The van der Waals surface area contributed by atoms with Crippen LogP contribution in [0.4, 0.5) is 17.6 Å². The summed E-state index contributed by atoms with van der Waals surface area (Å²) in [5.74, 6) is -1.41. The monoisotopic (exact) mass is 587 g/mol. The molecule has 0 saturated carbocycles. The topological polar surface area (TPSA) is 71.7 Å². The second kappa shape index (κ2) is 14.5. The van der Waals surface area contributed by atoms with E-state index in [1.54, 1.807) is 39.0 Å². The molecule has 0 atom stereocenters. The van der Waals surface area contributed by atoms with Gasteiger partial charge in [-0.25, -0.2) is 4.39 Å². The van der Waals surface area contributed by atoms with Gasteiger partial charge in [0.15, 0.2) is 5.79 Å². The summed E-state index contributed by atoms with van der Waals surface area (Å²) in [5.41, 5.74) is 7.05. The number of aliphatic hydroxyl groups is 1. The summed E-state index contributed by atoms with van der Waals surface area (Å²) in [6, 6.07) is 10.0. The molecule has 2 N–H and O–H groups in total. The van der Waals surface area contributed by atoms with Gasteiger partial charge in [0.1, 0.15) is 11.6 Å². The van der Waals surface area contributed by atoms with Crippen LogP contribution in [0.15, 0.2) is 48.5 Å². The third kappa shape index (κ3) is 10.6. The first-order valence-electron chi connectivity index (χ1n) is 11.3. The van der Waals surface area contributed by atoms with Gasteiger partial charge in [0.2, 0.25) is 0 Å². The van der Waals surface area contributed by atoms with E-state index in [0.29, 0.717) is 18.4 Å². The molecule has 1 radical (unpaired) electrons. The third-order valence-electron chi connectivity index (χ3n) is 5.06. The molecular formula is C26H32F4NO4Y-. The van der Waals surface area contributed by atoms with Gasteiger partial charge in [-0.15, -0.1) is 0 Å². The minimum atomic E-state index is -4.61. The van der Waals surface area contributed by atoms with Gasteiger partial charge in [-0.3, -0.25) is 0 Å². The van der Waals surface area contributed by atoms with Crippen molar-refractivity contribution in [1.82, 2.24) is 0 Å². The van der Waals surface area contributed by atoms with Crippen LogP contribution in [-0.2, 0) is 54.8 Å². The van der Waals surface area contributed by atoms with Crippen LogP contribution < -0.4 is 4.74 Å². The molecule has 2 aromatic rings. The molecule has 1 heterocycles. The summed E-state index contributed by atoms with van der Waals surface area (Å²) >= 11 is 0. The van der Waals surface area contributed by atoms with Crippen LogP contribution in [0.2, 0.25) is 0 Å². The van der Waals surface area contributed by atoms with Crippen molar-refractivity contribution in [2.24, 2.45) is 0 Å². The van der Waals surface area contributed by atoms with Crippen molar-refractivity contribution in [3.05, 3.63) is 76.8 Å². The zero-order chi connectivity index (χ0) is 26.1. The van der Waals surface area contributed by atoms with Gasteiger partial charge in [0.25, 0.3) is 0 Å². The number of rotatable bonds is 7. The molecule has 2 aromatic carbocycles. The summed E-state index contributed by atoms with van der Waals surface area (Å²) < 4.78 is 70.7. The average Bonchev–Trinajstić information content (AvgIpc) is 2.79. The standard InChI is InChI=1S/C24H26F4NO3.C2H6O.Y/c1-22(2)31-15-23(29,16-32-22)12-11-17-9-10-21(19(14-17)24(26,27)28)30-13-5-7-18-6-3-4-8-20(18)25;1-2-3;/h3-4,6,8-12,14,29H,5,7,13,15-16H2,1-2H3;3H,2H2,1H3;/q-1;;/b12-11+;;. The van der Waals surface area contributed by atoms with Crippen LogP contribution in [0.5, 0.6) is 5.75 Å². The average molecular weight is 587 g/mol. The van der Waals surface area contributed by atoms with Crippen molar-refractivity contribution in [3.8, 4) is 5.75 Å².